The molecule has 88 valence electrons. The van der Waals surface area contributed by atoms with Crippen molar-refractivity contribution in [3.8, 4) is 0 Å². The molecule has 0 saturated carbocycles. The van der Waals surface area contributed by atoms with Crippen molar-refractivity contribution in [2.24, 2.45) is 0 Å². The topological polar surface area (TPSA) is 66.5 Å². The van der Waals surface area contributed by atoms with Crippen LogP contribution in [0.1, 0.15) is 6.42 Å². The van der Waals surface area contributed by atoms with Crippen molar-refractivity contribution in [1.82, 2.24) is 5.32 Å². The molecular formula is C10H6ClFN2O3. The quantitative estimate of drug-likeness (QED) is 0.774. The minimum absolute atomic E-state index is 0.0445. The molecule has 17 heavy (non-hydrogen) atoms. The first kappa shape index (κ1) is 11.5. The number of nitrogens with one attached hydrogen (secondary N) is 1. The average molecular weight is 257 g/mol. The number of barbiturate groups is 1. The lowest BCUT2D eigenvalue weighted by Crippen LogP contribution is -2.53. The lowest BCUT2D eigenvalue weighted by molar-refractivity contribution is -0.128. The van der Waals surface area contributed by atoms with Crippen LogP contribution in [0.2, 0.25) is 5.02 Å². The molecule has 0 spiro atoms. The van der Waals surface area contributed by atoms with Crippen molar-refractivity contribution in [3.63, 3.8) is 0 Å². The maximum absolute atomic E-state index is 12.8. The third kappa shape index (κ3) is 2.12. The Kier molecular flexibility index (Phi) is 2.81. The third-order valence-corrected chi connectivity index (χ3v) is 2.46. The number of benzene rings is 1. The summed E-state index contributed by atoms with van der Waals surface area (Å²) in [5, 5.41) is 1.89. The van der Waals surface area contributed by atoms with Crippen LogP contribution in [0.4, 0.5) is 14.9 Å². The van der Waals surface area contributed by atoms with Crippen LogP contribution in [-0.4, -0.2) is 17.8 Å². The van der Waals surface area contributed by atoms with E-state index < -0.39 is 30.1 Å². The fraction of sp³-hybridized carbons (Fsp3) is 0.100. The number of carbonyl (C=O) groups excluding carboxylic acids is 3. The maximum atomic E-state index is 12.8. The summed E-state index contributed by atoms with van der Waals surface area (Å²) in [4.78, 5) is 34.7. The van der Waals surface area contributed by atoms with E-state index in [-0.39, 0.29) is 10.7 Å². The van der Waals surface area contributed by atoms with Crippen molar-refractivity contribution >= 4 is 35.1 Å². The fourth-order valence-corrected chi connectivity index (χ4v) is 1.71. The van der Waals surface area contributed by atoms with Gasteiger partial charge < -0.3 is 0 Å². The van der Waals surface area contributed by atoms with Crippen LogP contribution >= 0.6 is 11.6 Å². The van der Waals surface area contributed by atoms with Gasteiger partial charge in [0, 0.05) is 0 Å². The average Bonchev–Trinajstić information content (AvgIpc) is 2.19. The molecule has 4 amide bonds. The highest BCUT2D eigenvalue weighted by atomic mass is 35.5. The number of rotatable bonds is 1. The van der Waals surface area contributed by atoms with Crippen LogP contribution in [0.5, 0.6) is 0 Å². The van der Waals surface area contributed by atoms with E-state index in [4.69, 9.17) is 11.6 Å². The normalized spacial score (nSPS) is 16.1. The molecule has 1 heterocycles. The molecule has 1 fully saturated rings. The van der Waals surface area contributed by atoms with E-state index in [1.165, 1.54) is 6.07 Å². The second kappa shape index (κ2) is 4.14. The van der Waals surface area contributed by atoms with Gasteiger partial charge in [0.1, 0.15) is 12.2 Å². The predicted molar refractivity (Wildman–Crippen MR) is 57.1 cm³/mol. The molecule has 0 bridgehead atoms. The van der Waals surface area contributed by atoms with Crippen molar-refractivity contribution in [1.29, 1.82) is 0 Å². The summed E-state index contributed by atoms with van der Waals surface area (Å²) in [6, 6.07) is 2.36. The second-order valence-electron chi connectivity index (χ2n) is 3.35. The summed E-state index contributed by atoms with van der Waals surface area (Å²) >= 11 is 5.73. The van der Waals surface area contributed by atoms with Gasteiger partial charge in [-0.25, -0.2) is 14.1 Å². The summed E-state index contributed by atoms with van der Waals surface area (Å²) in [6.45, 7) is 0. The molecule has 0 aromatic heterocycles. The van der Waals surface area contributed by atoms with Gasteiger partial charge in [-0.05, 0) is 18.2 Å². The first-order valence-electron chi connectivity index (χ1n) is 4.61. The maximum Gasteiger partial charge on any atom is 0.335 e. The Hall–Kier alpha value is -1.95. The number of urea groups is 1. The molecule has 0 atom stereocenters. The van der Waals surface area contributed by atoms with Gasteiger partial charge in [0.15, 0.2) is 0 Å². The van der Waals surface area contributed by atoms with E-state index in [1.807, 2.05) is 5.32 Å². The van der Waals surface area contributed by atoms with Gasteiger partial charge in [0.2, 0.25) is 11.8 Å². The van der Waals surface area contributed by atoms with E-state index >= 15 is 0 Å². The van der Waals surface area contributed by atoms with E-state index in [0.717, 1.165) is 12.1 Å². The van der Waals surface area contributed by atoms with Crippen LogP contribution in [0, 0.1) is 5.82 Å². The standard InChI is InChI=1S/C10H6ClFN2O3/c11-6-3-5(12)1-2-7(6)14-9(16)4-8(15)13-10(14)17/h1-3H,4H2,(H,13,15,17). The van der Waals surface area contributed by atoms with Crippen LogP contribution in [0.15, 0.2) is 18.2 Å². The highest BCUT2D eigenvalue weighted by Crippen LogP contribution is 2.28. The molecule has 1 N–H and O–H groups in total. The second-order valence-corrected chi connectivity index (χ2v) is 3.76. The summed E-state index contributed by atoms with van der Waals surface area (Å²) < 4.78 is 12.8. The van der Waals surface area contributed by atoms with Crippen molar-refractivity contribution in [2.75, 3.05) is 4.90 Å². The minimum atomic E-state index is -0.889. The number of nitrogens with zero attached hydrogens (tertiary/aromatic N) is 1. The molecule has 1 aromatic rings. The highest BCUT2D eigenvalue weighted by molar-refractivity contribution is 6.36. The Morgan fingerprint density at radius 1 is 1.29 bits per heavy atom. The number of imide groups is 2. The molecule has 0 radical (unpaired) electrons. The largest absolute Gasteiger partial charge is 0.335 e. The molecule has 1 aliphatic rings. The smallest absolute Gasteiger partial charge is 0.277 e. The molecule has 5 nitrogen and oxygen atoms in total. The van der Waals surface area contributed by atoms with E-state index in [9.17, 15) is 18.8 Å². The Balaban J connectivity index is 2.42. The number of hydrogen-bond donors (Lipinski definition) is 1. The SMILES string of the molecule is O=C1CC(=O)N(c2ccc(F)cc2Cl)C(=O)N1. The highest BCUT2D eigenvalue weighted by Gasteiger charge is 2.33. The third-order valence-electron chi connectivity index (χ3n) is 2.16. The molecule has 0 aliphatic carbocycles. The van der Waals surface area contributed by atoms with Crippen molar-refractivity contribution < 1.29 is 18.8 Å². The number of carbonyl (C=O) groups is 3. The summed E-state index contributed by atoms with van der Waals surface area (Å²) in [7, 11) is 0. The fourth-order valence-electron chi connectivity index (χ4n) is 1.46. The van der Waals surface area contributed by atoms with Crippen LogP contribution in [0.25, 0.3) is 0 Å². The summed E-state index contributed by atoms with van der Waals surface area (Å²) in [5.41, 5.74) is 0.0445. The Morgan fingerprint density at radius 3 is 2.59 bits per heavy atom. The molecular weight excluding hydrogens is 251 g/mol. The van der Waals surface area contributed by atoms with Gasteiger partial charge in [-0.3, -0.25) is 14.9 Å². The van der Waals surface area contributed by atoms with Gasteiger partial charge in [-0.15, -0.1) is 0 Å². The molecule has 1 aliphatic heterocycles. The zero-order valence-electron chi connectivity index (χ0n) is 8.37. The molecule has 1 aromatic carbocycles. The van der Waals surface area contributed by atoms with Gasteiger partial charge >= 0.3 is 6.03 Å². The summed E-state index contributed by atoms with van der Waals surface area (Å²) in [6.07, 6.45) is -0.445. The summed E-state index contributed by atoms with van der Waals surface area (Å²) in [5.74, 6) is -1.96. The van der Waals surface area contributed by atoms with Gasteiger partial charge in [0.25, 0.3) is 0 Å². The molecule has 1 saturated heterocycles. The van der Waals surface area contributed by atoms with Gasteiger partial charge in [-0.1, -0.05) is 11.6 Å². The minimum Gasteiger partial charge on any atom is -0.277 e. The Morgan fingerprint density at radius 2 is 2.00 bits per heavy atom. The molecule has 0 unspecified atom stereocenters. The van der Waals surface area contributed by atoms with Crippen molar-refractivity contribution in [2.45, 2.75) is 6.42 Å². The van der Waals surface area contributed by atoms with Crippen LogP contribution < -0.4 is 10.2 Å². The van der Waals surface area contributed by atoms with Gasteiger partial charge in [0.05, 0.1) is 10.7 Å². The van der Waals surface area contributed by atoms with E-state index in [2.05, 4.69) is 0 Å². The number of anilines is 1. The Labute approximate surface area is 100 Å². The van der Waals surface area contributed by atoms with Gasteiger partial charge in [-0.2, -0.15) is 0 Å². The lowest BCUT2D eigenvalue weighted by atomic mass is 10.2. The van der Waals surface area contributed by atoms with E-state index in [0.29, 0.717) is 4.90 Å². The van der Waals surface area contributed by atoms with Crippen molar-refractivity contribution in [3.05, 3.63) is 29.0 Å². The van der Waals surface area contributed by atoms with Crippen LogP contribution in [0.3, 0.4) is 0 Å². The lowest BCUT2D eigenvalue weighted by Gasteiger charge is -2.25. The zero-order valence-corrected chi connectivity index (χ0v) is 9.12. The molecule has 7 heteroatoms. The number of halogens is 2. The molecule has 2 rings (SSSR count). The number of hydrogen-bond acceptors (Lipinski definition) is 3. The number of amides is 4. The monoisotopic (exact) mass is 256 g/mol. The predicted octanol–water partition coefficient (Wildman–Crippen LogP) is 1.45. The zero-order chi connectivity index (χ0) is 12.6. The van der Waals surface area contributed by atoms with E-state index in [1.54, 1.807) is 0 Å². The first-order valence-corrected chi connectivity index (χ1v) is 4.98. The van der Waals surface area contributed by atoms with Crippen LogP contribution in [-0.2, 0) is 9.59 Å². The first-order chi connectivity index (χ1) is 7.99. The Bertz CT molecular complexity index is 512.